The zero-order chi connectivity index (χ0) is 16.8. The van der Waals surface area contributed by atoms with Gasteiger partial charge in [0.25, 0.3) is 5.91 Å². The SMILES string of the molecule is C=CCc1cc(C(=O)Nc2ccccc2F)cc(OC)c1OC. The molecule has 0 radical (unpaired) electrons. The molecule has 2 aromatic rings. The number of carbonyl (C=O) groups is 1. The number of ether oxygens (including phenoxy) is 2. The Bertz CT molecular complexity index is 728. The van der Waals surface area contributed by atoms with Crippen LogP contribution in [0.15, 0.2) is 49.1 Å². The number of rotatable bonds is 6. The maximum Gasteiger partial charge on any atom is 0.255 e. The highest BCUT2D eigenvalue weighted by molar-refractivity contribution is 6.05. The van der Waals surface area contributed by atoms with Gasteiger partial charge in [0.1, 0.15) is 5.82 Å². The summed E-state index contributed by atoms with van der Waals surface area (Å²) in [5, 5.41) is 2.55. The molecule has 0 aliphatic rings. The molecule has 0 fully saturated rings. The standard InChI is InChI=1S/C18H18FNO3/c1-4-7-12-10-13(11-16(22-2)17(12)23-3)18(21)20-15-9-6-5-8-14(15)19/h4-6,8-11H,1,7H2,2-3H3,(H,20,21). The minimum Gasteiger partial charge on any atom is -0.493 e. The van der Waals surface area contributed by atoms with Crippen LogP contribution in [0, 0.1) is 5.82 Å². The average Bonchev–Trinajstić information content (AvgIpc) is 2.56. The molecule has 2 rings (SSSR count). The van der Waals surface area contributed by atoms with Gasteiger partial charge in [-0.25, -0.2) is 4.39 Å². The van der Waals surface area contributed by atoms with Crippen molar-refractivity contribution in [2.75, 3.05) is 19.5 Å². The highest BCUT2D eigenvalue weighted by atomic mass is 19.1. The fourth-order valence-electron chi connectivity index (χ4n) is 2.24. The van der Waals surface area contributed by atoms with Gasteiger partial charge in [-0.05, 0) is 30.7 Å². The van der Waals surface area contributed by atoms with Crippen LogP contribution in [0.2, 0.25) is 0 Å². The van der Waals surface area contributed by atoms with Crippen LogP contribution in [0.3, 0.4) is 0 Å². The van der Waals surface area contributed by atoms with E-state index in [9.17, 15) is 9.18 Å². The van der Waals surface area contributed by atoms with Crippen molar-refractivity contribution in [2.24, 2.45) is 0 Å². The number of para-hydroxylation sites is 1. The zero-order valence-electron chi connectivity index (χ0n) is 13.1. The van der Waals surface area contributed by atoms with E-state index < -0.39 is 11.7 Å². The molecule has 0 aliphatic carbocycles. The molecule has 0 aliphatic heterocycles. The zero-order valence-corrected chi connectivity index (χ0v) is 13.1. The van der Waals surface area contributed by atoms with Gasteiger partial charge in [-0.1, -0.05) is 18.2 Å². The van der Waals surface area contributed by atoms with Gasteiger partial charge in [0.15, 0.2) is 11.5 Å². The second kappa shape index (κ2) is 7.45. The monoisotopic (exact) mass is 315 g/mol. The number of benzene rings is 2. The van der Waals surface area contributed by atoms with Gasteiger partial charge in [0.05, 0.1) is 19.9 Å². The van der Waals surface area contributed by atoms with E-state index in [0.717, 1.165) is 5.56 Å². The minimum absolute atomic E-state index is 0.123. The number of anilines is 1. The maximum atomic E-state index is 13.7. The van der Waals surface area contributed by atoms with Gasteiger partial charge < -0.3 is 14.8 Å². The highest BCUT2D eigenvalue weighted by Crippen LogP contribution is 2.33. The molecule has 0 saturated heterocycles. The van der Waals surface area contributed by atoms with Crippen molar-refractivity contribution in [3.8, 4) is 11.5 Å². The predicted octanol–water partition coefficient (Wildman–Crippen LogP) is 3.82. The van der Waals surface area contributed by atoms with Crippen LogP contribution in [-0.4, -0.2) is 20.1 Å². The van der Waals surface area contributed by atoms with Gasteiger partial charge in [-0.2, -0.15) is 0 Å². The molecular weight excluding hydrogens is 297 g/mol. The Labute approximate surface area is 134 Å². The van der Waals surface area contributed by atoms with E-state index in [1.807, 2.05) is 0 Å². The molecule has 4 nitrogen and oxygen atoms in total. The van der Waals surface area contributed by atoms with Crippen LogP contribution < -0.4 is 14.8 Å². The Hall–Kier alpha value is -2.82. The fourth-order valence-corrected chi connectivity index (χ4v) is 2.24. The summed E-state index contributed by atoms with van der Waals surface area (Å²) in [6.45, 7) is 3.69. The average molecular weight is 315 g/mol. The molecule has 0 atom stereocenters. The van der Waals surface area contributed by atoms with Gasteiger partial charge in [0, 0.05) is 11.1 Å². The molecule has 0 aromatic heterocycles. The van der Waals surface area contributed by atoms with Crippen molar-refractivity contribution >= 4 is 11.6 Å². The first kappa shape index (κ1) is 16.5. The third-order valence-electron chi connectivity index (χ3n) is 3.30. The summed E-state index contributed by atoms with van der Waals surface area (Å²) in [6.07, 6.45) is 2.22. The lowest BCUT2D eigenvalue weighted by Crippen LogP contribution is -2.14. The fraction of sp³-hybridized carbons (Fsp3) is 0.167. The molecule has 23 heavy (non-hydrogen) atoms. The van der Waals surface area contributed by atoms with E-state index in [2.05, 4.69) is 11.9 Å². The van der Waals surface area contributed by atoms with E-state index in [0.29, 0.717) is 23.5 Å². The third-order valence-corrected chi connectivity index (χ3v) is 3.30. The maximum absolute atomic E-state index is 13.7. The Morgan fingerprint density at radius 2 is 2.00 bits per heavy atom. The Morgan fingerprint density at radius 1 is 1.26 bits per heavy atom. The summed E-state index contributed by atoms with van der Waals surface area (Å²) in [7, 11) is 3.03. The van der Waals surface area contributed by atoms with Gasteiger partial charge in [-0.15, -0.1) is 6.58 Å². The van der Waals surface area contributed by atoms with Crippen molar-refractivity contribution in [1.82, 2.24) is 0 Å². The lowest BCUT2D eigenvalue weighted by Gasteiger charge is -2.14. The number of hydrogen-bond acceptors (Lipinski definition) is 3. The number of carbonyl (C=O) groups excluding carboxylic acids is 1. The largest absolute Gasteiger partial charge is 0.493 e. The molecule has 5 heteroatoms. The van der Waals surface area contributed by atoms with E-state index in [4.69, 9.17) is 9.47 Å². The van der Waals surface area contributed by atoms with Crippen LogP contribution in [0.25, 0.3) is 0 Å². The molecule has 0 saturated carbocycles. The molecular formula is C18H18FNO3. The summed E-state index contributed by atoms with van der Waals surface area (Å²) in [5.74, 6) is 0.0642. The molecule has 1 N–H and O–H groups in total. The number of halogens is 1. The van der Waals surface area contributed by atoms with Crippen LogP contribution >= 0.6 is 0 Å². The van der Waals surface area contributed by atoms with E-state index in [-0.39, 0.29) is 5.69 Å². The number of amides is 1. The summed E-state index contributed by atoms with van der Waals surface area (Å²) < 4.78 is 24.3. The van der Waals surface area contributed by atoms with Crippen LogP contribution in [-0.2, 0) is 6.42 Å². The molecule has 0 bridgehead atoms. The first-order chi connectivity index (χ1) is 11.1. The quantitative estimate of drug-likeness (QED) is 0.824. The topological polar surface area (TPSA) is 47.6 Å². The third kappa shape index (κ3) is 3.69. The first-order valence-corrected chi connectivity index (χ1v) is 7.02. The van der Waals surface area contributed by atoms with Gasteiger partial charge in [-0.3, -0.25) is 4.79 Å². The summed E-state index contributed by atoms with van der Waals surface area (Å²) in [5.41, 5.74) is 1.24. The van der Waals surface area contributed by atoms with E-state index >= 15 is 0 Å². The number of methoxy groups -OCH3 is 2. The highest BCUT2D eigenvalue weighted by Gasteiger charge is 2.16. The summed E-state index contributed by atoms with van der Waals surface area (Å²) >= 11 is 0. The smallest absolute Gasteiger partial charge is 0.255 e. The first-order valence-electron chi connectivity index (χ1n) is 7.02. The molecule has 2 aromatic carbocycles. The van der Waals surface area contributed by atoms with Gasteiger partial charge >= 0.3 is 0 Å². The number of hydrogen-bond donors (Lipinski definition) is 1. The molecule has 120 valence electrons. The Kier molecular flexibility index (Phi) is 5.36. The molecule has 0 heterocycles. The second-order valence-corrected chi connectivity index (χ2v) is 4.80. The molecule has 0 unspecified atom stereocenters. The molecule has 1 amide bonds. The lowest BCUT2D eigenvalue weighted by atomic mass is 10.0. The molecule has 0 spiro atoms. The van der Waals surface area contributed by atoms with Gasteiger partial charge in [0.2, 0.25) is 0 Å². The Balaban J connectivity index is 2.38. The van der Waals surface area contributed by atoms with Crippen molar-refractivity contribution in [3.63, 3.8) is 0 Å². The van der Waals surface area contributed by atoms with E-state index in [1.165, 1.54) is 26.4 Å². The van der Waals surface area contributed by atoms with Crippen molar-refractivity contribution in [3.05, 3.63) is 66.0 Å². The van der Waals surface area contributed by atoms with Crippen LogP contribution in [0.5, 0.6) is 11.5 Å². The summed E-state index contributed by atoms with van der Waals surface area (Å²) in [4.78, 5) is 12.4. The lowest BCUT2D eigenvalue weighted by molar-refractivity contribution is 0.102. The van der Waals surface area contributed by atoms with Crippen molar-refractivity contribution in [2.45, 2.75) is 6.42 Å². The van der Waals surface area contributed by atoms with Crippen LogP contribution in [0.4, 0.5) is 10.1 Å². The summed E-state index contributed by atoms with van der Waals surface area (Å²) in [6, 6.07) is 9.23. The Morgan fingerprint density at radius 3 is 2.61 bits per heavy atom. The van der Waals surface area contributed by atoms with Crippen molar-refractivity contribution in [1.29, 1.82) is 0 Å². The predicted molar refractivity (Wildman–Crippen MR) is 87.8 cm³/mol. The van der Waals surface area contributed by atoms with Crippen molar-refractivity contribution < 1.29 is 18.7 Å². The number of nitrogens with one attached hydrogen (secondary N) is 1. The van der Waals surface area contributed by atoms with E-state index in [1.54, 1.807) is 30.3 Å². The number of allylic oxidation sites excluding steroid dienone is 1. The van der Waals surface area contributed by atoms with Crippen LogP contribution in [0.1, 0.15) is 15.9 Å². The minimum atomic E-state index is -0.493. The second-order valence-electron chi connectivity index (χ2n) is 4.80. The normalized spacial score (nSPS) is 10.0.